The molecule has 0 bridgehead atoms. The normalized spacial score (nSPS) is 22.7. The molecule has 4 rings (SSSR count). The first kappa shape index (κ1) is 18.7. The minimum absolute atomic E-state index is 0.161. The molecule has 3 heterocycles. The fourth-order valence-electron chi connectivity index (χ4n) is 4.21. The first-order chi connectivity index (χ1) is 13.6. The van der Waals surface area contributed by atoms with E-state index in [9.17, 15) is 9.90 Å². The number of nitrogens with zero attached hydrogens (tertiary/aromatic N) is 5. The molecule has 7 nitrogen and oxygen atoms in total. The average Bonchev–Trinajstić information content (AvgIpc) is 3.12. The fourth-order valence-corrected chi connectivity index (χ4v) is 4.21. The van der Waals surface area contributed by atoms with E-state index in [2.05, 4.69) is 28.2 Å². The lowest BCUT2D eigenvalue weighted by atomic mass is 9.90. The Bertz CT molecular complexity index is 888. The number of benzene rings is 1. The number of fused-ring (bicyclic) bond motifs is 1. The molecule has 2 aromatic rings. The molecular formula is C21H25N5O2. The topological polar surface area (TPSA) is 85.4 Å². The molecule has 1 saturated heterocycles. The van der Waals surface area contributed by atoms with Crippen LogP contribution in [0.25, 0.3) is 0 Å². The van der Waals surface area contributed by atoms with Gasteiger partial charge in [0, 0.05) is 32.7 Å². The number of carbonyl (C=O) groups is 1. The van der Waals surface area contributed by atoms with Crippen LogP contribution in [0.1, 0.15) is 29.8 Å². The summed E-state index contributed by atoms with van der Waals surface area (Å²) in [4.78, 5) is 16.9. The predicted octanol–water partition coefficient (Wildman–Crippen LogP) is 1.17. The Kier molecular flexibility index (Phi) is 5.16. The summed E-state index contributed by atoms with van der Waals surface area (Å²) in [6, 6.07) is 14.0. The van der Waals surface area contributed by atoms with Crippen LogP contribution < -0.4 is 0 Å². The van der Waals surface area contributed by atoms with Crippen LogP contribution in [-0.2, 0) is 24.3 Å². The smallest absolute Gasteiger partial charge is 0.255 e. The molecule has 1 aromatic heterocycles. The summed E-state index contributed by atoms with van der Waals surface area (Å²) < 4.78 is 1.84. The van der Waals surface area contributed by atoms with Gasteiger partial charge in [0.15, 0.2) is 11.3 Å². The molecule has 1 unspecified atom stereocenters. The van der Waals surface area contributed by atoms with Crippen molar-refractivity contribution in [1.29, 1.82) is 5.26 Å². The van der Waals surface area contributed by atoms with E-state index in [1.165, 1.54) is 5.56 Å². The van der Waals surface area contributed by atoms with E-state index < -0.39 is 5.60 Å². The molecule has 0 saturated carbocycles. The minimum Gasteiger partial charge on any atom is -0.379 e. The van der Waals surface area contributed by atoms with Crippen molar-refractivity contribution in [1.82, 2.24) is 19.6 Å². The van der Waals surface area contributed by atoms with E-state index >= 15 is 0 Å². The second-order valence-electron chi connectivity index (χ2n) is 7.73. The number of nitriles is 1. The summed E-state index contributed by atoms with van der Waals surface area (Å²) in [7, 11) is 0. The Labute approximate surface area is 164 Å². The summed E-state index contributed by atoms with van der Waals surface area (Å²) in [5.41, 5.74) is 1.23. The third kappa shape index (κ3) is 3.79. The predicted molar refractivity (Wildman–Crippen MR) is 103 cm³/mol. The maximum absolute atomic E-state index is 13.0. The van der Waals surface area contributed by atoms with Gasteiger partial charge in [-0.25, -0.2) is 0 Å². The molecule has 1 aromatic carbocycles. The molecule has 1 atom stereocenters. The molecule has 1 amide bonds. The summed E-state index contributed by atoms with van der Waals surface area (Å²) in [6.45, 7) is 3.61. The Morgan fingerprint density at radius 2 is 2.04 bits per heavy atom. The third-order valence-corrected chi connectivity index (χ3v) is 5.69. The van der Waals surface area contributed by atoms with Gasteiger partial charge in [-0.1, -0.05) is 30.3 Å². The van der Waals surface area contributed by atoms with E-state index in [0.717, 1.165) is 18.5 Å². The number of rotatable bonds is 5. The molecule has 2 aliphatic rings. The molecule has 1 fully saturated rings. The third-order valence-electron chi connectivity index (χ3n) is 5.69. The lowest BCUT2D eigenvalue weighted by Gasteiger charge is -2.41. The zero-order valence-electron chi connectivity index (χ0n) is 15.9. The van der Waals surface area contributed by atoms with Crippen molar-refractivity contribution < 1.29 is 9.90 Å². The van der Waals surface area contributed by atoms with Crippen molar-refractivity contribution in [3.63, 3.8) is 0 Å². The molecule has 7 heteroatoms. The zero-order valence-corrected chi connectivity index (χ0v) is 15.9. The Morgan fingerprint density at radius 1 is 1.21 bits per heavy atom. The number of piperidine rings is 1. The van der Waals surface area contributed by atoms with Crippen molar-refractivity contribution >= 4 is 5.91 Å². The molecule has 146 valence electrons. The van der Waals surface area contributed by atoms with Crippen LogP contribution in [0.4, 0.5) is 0 Å². The van der Waals surface area contributed by atoms with E-state index in [-0.39, 0.29) is 5.91 Å². The van der Waals surface area contributed by atoms with Gasteiger partial charge in [-0.05, 0) is 30.9 Å². The van der Waals surface area contributed by atoms with Gasteiger partial charge in [-0.3, -0.25) is 14.4 Å². The Balaban J connectivity index is 1.39. The molecular weight excluding hydrogens is 354 g/mol. The zero-order chi connectivity index (χ0) is 19.6. The SMILES string of the molecule is N#Cc1cc2n(n1)CCN(CC1(O)CCCN(CCc3ccccc3)C1=O)C2. The van der Waals surface area contributed by atoms with Crippen LogP contribution in [0.15, 0.2) is 36.4 Å². The highest BCUT2D eigenvalue weighted by Gasteiger charge is 2.43. The van der Waals surface area contributed by atoms with Gasteiger partial charge in [0.1, 0.15) is 6.07 Å². The van der Waals surface area contributed by atoms with E-state index in [1.807, 2.05) is 22.9 Å². The van der Waals surface area contributed by atoms with Crippen molar-refractivity contribution in [2.24, 2.45) is 0 Å². The molecule has 2 aliphatic heterocycles. The van der Waals surface area contributed by atoms with Crippen molar-refractivity contribution in [3.8, 4) is 6.07 Å². The number of aromatic nitrogens is 2. The summed E-state index contributed by atoms with van der Waals surface area (Å²) >= 11 is 0. The largest absolute Gasteiger partial charge is 0.379 e. The number of hydrogen-bond acceptors (Lipinski definition) is 5. The van der Waals surface area contributed by atoms with Gasteiger partial charge >= 0.3 is 0 Å². The van der Waals surface area contributed by atoms with E-state index in [0.29, 0.717) is 51.4 Å². The number of hydrogen-bond donors (Lipinski definition) is 1. The van der Waals surface area contributed by atoms with Crippen LogP contribution in [0.3, 0.4) is 0 Å². The van der Waals surface area contributed by atoms with Crippen molar-refractivity contribution in [3.05, 3.63) is 53.3 Å². The standard InChI is InChI=1S/C21H25N5O2/c22-14-18-13-19-15-24(11-12-26(19)23-18)16-21(28)8-4-9-25(20(21)27)10-7-17-5-2-1-3-6-17/h1-3,5-6,13,28H,4,7-12,15-16H2. The van der Waals surface area contributed by atoms with E-state index in [1.54, 1.807) is 11.0 Å². The highest BCUT2D eigenvalue weighted by atomic mass is 16.3. The molecule has 0 radical (unpaired) electrons. The number of likely N-dealkylation sites (tertiary alicyclic amines) is 1. The number of carbonyl (C=O) groups excluding carboxylic acids is 1. The lowest BCUT2D eigenvalue weighted by Crippen LogP contribution is -2.59. The Hall–Kier alpha value is -2.69. The number of aliphatic hydroxyl groups is 1. The van der Waals surface area contributed by atoms with Gasteiger partial charge in [0.05, 0.1) is 12.2 Å². The van der Waals surface area contributed by atoms with E-state index in [4.69, 9.17) is 5.26 Å². The second kappa shape index (κ2) is 7.74. The maximum Gasteiger partial charge on any atom is 0.255 e. The molecule has 0 aliphatic carbocycles. The van der Waals surface area contributed by atoms with Gasteiger partial charge in [-0.2, -0.15) is 10.4 Å². The molecule has 28 heavy (non-hydrogen) atoms. The number of amides is 1. The van der Waals surface area contributed by atoms with Crippen molar-refractivity contribution in [2.75, 3.05) is 26.2 Å². The van der Waals surface area contributed by atoms with Gasteiger partial charge < -0.3 is 10.0 Å². The first-order valence-corrected chi connectivity index (χ1v) is 9.82. The maximum atomic E-state index is 13.0. The van der Waals surface area contributed by atoms with Crippen LogP contribution in [0.2, 0.25) is 0 Å². The lowest BCUT2D eigenvalue weighted by molar-refractivity contribution is -0.160. The summed E-state index contributed by atoms with van der Waals surface area (Å²) in [5, 5.41) is 24.4. The summed E-state index contributed by atoms with van der Waals surface area (Å²) in [5.74, 6) is -0.161. The molecule has 1 N–H and O–H groups in total. The average molecular weight is 379 g/mol. The van der Waals surface area contributed by atoms with Gasteiger partial charge in [-0.15, -0.1) is 0 Å². The van der Waals surface area contributed by atoms with Gasteiger partial charge in [0.2, 0.25) is 0 Å². The highest BCUT2D eigenvalue weighted by Crippen LogP contribution is 2.26. The second-order valence-corrected chi connectivity index (χ2v) is 7.73. The van der Waals surface area contributed by atoms with Crippen LogP contribution in [-0.4, -0.2) is 62.4 Å². The van der Waals surface area contributed by atoms with Gasteiger partial charge in [0.25, 0.3) is 5.91 Å². The van der Waals surface area contributed by atoms with Crippen LogP contribution >= 0.6 is 0 Å². The first-order valence-electron chi connectivity index (χ1n) is 9.82. The Morgan fingerprint density at radius 3 is 2.82 bits per heavy atom. The summed E-state index contributed by atoms with van der Waals surface area (Å²) in [6.07, 6.45) is 2.09. The van der Waals surface area contributed by atoms with Crippen LogP contribution in [0, 0.1) is 11.3 Å². The minimum atomic E-state index is -1.34. The quantitative estimate of drug-likeness (QED) is 0.843. The number of β-amino-alcohol motifs (C(OH)–C–C–N with tert-alkyl or cyclic N) is 1. The van der Waals surface area contributed by atoms with Crippen molar-refractivity contribution in [2.45, 2.75) is 38.0 Å². The van der Waals surface area contributed by atoms with Crippen LogP contribution in [0.5, 0.6) is 0 Å². The highest BCUT2D eigenvalue weighted by molar-refractivity contribution is 5.86. The molecule has 0 spiro atoms. The monoisotopic (exact) mass is 379 g/mol. The fraction of sp³-hybridized carbons (Fsp3) is 0.476.